The normalized spacial score (nSPS) is 14.6. The Morgan fingerprint density at radius 1 is 1.20 bits per heavy atom. The SMILES string of the molecule is COc1cc(C(=O)O)cc(NC(=O)CN2CCCCCC2=O)c1OC. The van der Waals surface area contributed by atoms with Crippen LogP contribution in [0.1, 0.15) is 36.0 Å². The third-order valence-corrected chi connectivity index (χ3v) is 4.01. The predicted octanol–water partition coefficient (Wildman–Crippen LogP) is 1.74. The van der Waals surface area contributed by atoms with Crippen LogP contribution in [0.4, 0.5) is 5.69 Å². The van der Waals surface area contributed by atoms with Crippen molar-refractivity contribution in [1.29, 1.82) is 0 Å². The zero-order valence-electron chi connectivity index (χ0n) is 14.3. The Labute approximate surface area is 145 Å². The number of benzene rings is 1. The number of anilines is 1. The highest BCUT2D eigenvalue weighted by Gasteiger charge is 2.21. The molecule has 1 fully saturated rings. The molecular weight excluding hydrogens is 328 g/mol. The molecule has 1 saturated heterocycles. The Bertz CT molecular complexity index is 673. The van der Waals surface area contributed by atoms with E-state index in [0.29, 0.717) is 13.0 Å². The van der Waals surface area contributed by atoms with E-state index in [1.54, 1.807) is 0 Å². The lowest BCUT2D eigenvalue weighted by atomic mass is 10.1. The first-order valence-electron chi connectivity index (χ1n) is 8.03. The number of nitrogens with one attached hydrogen (secondary N) is 1. The number of hydrogen-bond donors (Lipinski definition) is 2. The molecule has 2 rings (SSSR count). The van der Waals surface area contributed by atoms with Crippen molar-refractivity contribution in [2.24, 2.45) is 0 Å². The molecule has 136 valence electrons. The zero-order valence-corrected chi connectivity index (χ0v) is 14.3. The van der Waals surface area contributed by atoms with Gasteiger partial charge in [-0.2, -0.15) is 0 Å². The topological polar surface area (TPSA) is 105 Å². The summed E-state index contributed by atoms with van der Waals surface area (Å²) in [5.41, 5.74) is 0.144. The summed E-state index contributed by atoms with van der Waals surface area (Å²) in [6.45, 7) is 0.462. The van der Waals surface area contributed by atoms with Gasteiger partial charge >= 0.3 is 5.97 Å². The summed E-state index contributed by atoms with van der Waals surface area (Å²) in [7, 11) is 2.78. The first-order valence-corrected chi connectivity index (χ1v) is 8.03. The molecule has 1 aromatic rings. The number of hydrogen-bond acceptors (Lipinski definition) is 5. The van der Waals surface area contributed by atoms with Gasteiger partial charge in [0.15, 0.2) is 11.5 Å². The third kappa shape index (κ3) is 4.62. The zero-order chi connectivity index (χ0) is 18.4. The lowest BCUT2D eigenvalue weighted by molar-refractivity contribution is -0.134. The molecule has 8 heteroatoms. The summed E-state index contributed by atoms with van der Waals surface area (Å²) in [5.74, 6) is -1.19. The molecule has 0 unspecified atom stereocenters. The van der Waals surface area contributed by atoms with Gasteiger partial charge in [-0.05, 0) is 25.0 Å². The van der Waals surface area contributed by atoms with Crippen molar-refractivity contribution in [2.75, 3.05) is 32.6 Å². The van der Waals surface area contributed by atoms with Crippen LogP contribution >= 0.6 is 0 Å². The molecule has 2 amide bonds. The summed E-state index contributed by atoms with van der Waals surface area (Å²) < 4.78 is 10.3. The lowest BCUT2D eigenvalue weighted by Crippen LogP contribution is -2.37. The highest BCUT2D eigenvalue weighted by atomic mass is 16.5. The highest BCUT2D eigenvalue weighted by Crippen LogP contribution is 2.36. The van der Waals surface area contributed by atoms with Crippen LogP contribution in [0.25, 0.3) is 0 Å². The molecular formula is C17H22N2O6. The molecule has 0 atom stereocenters. The Morgan fingerprint density at radius 2 is 1.96 bits per heavy atom. The minimum atomic E-state index is -1.15. The standard InChI is InChI=1S/C17H22N2O6/c1-24-13-9-11(17(22)23)8-12(16(13)25-2)18-14(20)10-19-7-5-3-4-6-15(19)21/h8-9H,3-7,10H2,1-2H3,(H,18,20)(H,22,23). The van der Waals surface area contributed by atoms with Gasteiger partial charge in [0, 0.05) is 13.0 Å². The molecule has 8 nitrogen and oxygen atoms in total. The van der Waals surface area contributed by atoms with Crippen molar-refractivity contribution < 1.29 is 29.0 Å². The van der Waals surface area contributed by atoms with Crippen molar-refractivity contribution in [3.8, 4) is 11.5 Å². The first kappa shape index (κ1) is 18.6. The third-order valence-electron chi connectivity index (χ3n) is 4.01. The number of likely N-dealkylation sites (tertiary alicyclic amines) is 1. The first-order chi connectivity index (χ1) is 12.0. The van der Waals surface area contributed by atoms with Gasteiger partial charge in [-0.25, -0.2) is 4.79 Å². The average molecular weight is 350 g/mol. The minimum Gasteiger partial charge on any atom is -0.493 e. The summed E-state index contributed by atoms with van der Waals surface area (Å²) >= 11 is 0. The Morgan fingerprint density at radius 3 is 2.60 bits per heavy atom. The van der Waals surface area contributed by atoms with E-state index in [1.807, 2.05) is 0 Å². The fraction of sp³-hybridized carbons (Fsp3) is 0.471. The maximum absolute atomic E-state index is 12.3. The monoisotopic (exact) mass is 350 g/mol. The molecule has 0 aliphatic carbocycles. The van der Waals surface area contributed by atoms with Gasteiger partial charge in [-0.1, -0.05) is 6.42 Å². The van der Waals surface area contributed by atoms with Gasteiger partial charge in [-0.3, -0.25) is 9.59 Å². The fourth-order valence-electron chi connectivity index (χ4n) is 2.75. The Kier molecular flexibility index (Phi) is 6.21. The number of carboxylic acids is 1. The second kappa shape index (κ2) is 8.36. The van der Waals surface area contributed by atoms with Crippen LogP contribution in [-0.2, 0) is 9.59 Å². The number of carboxylic acid groups (broad SMARTS) is 1. The quantitative estimate of drug-likeness (QED) is 0.810. The van der Waals surface area contributed by atoms with Crippen LogP contribution in [0, 0.1) is 0 Å². The van der Waals surface area contributed by atoms with Crippen molar-refractivity contribution in [2.45, 2.75) is 25.7 Å². The van der Waals surface area contributed by atoms with E-state index in [0.717, 1.165) is 19.3 Å². The largest absolute Gasteiger partial charge is 0.493 e. The maximum Gasteiger partial charge on any atom is 0.335 e. The van der Waals surface area contributed by atoms with Crippen LogP contribution < -0.4 is 14.8 Å². The van der Waals surface area contributed by atoms with Crippen molar-refractivity contribution >= 4 is 23.5 Å². The fourth-order valence-corrected chi connectivity index (χ4v) is 2.75. The maximum atomic E-state index is 12.3. The van der Waals surface area contributed by atoms with Crippen LogP contribution in [0.3, 0.4) is 0 Å². The molecule has 2 N–H and O–H groups in total. The van der Waals surface area contributed by atoms with E-state index in [-0.39, 0.29) is 35.2 Å². The Balaban J connectivity index is 2.19. The molecule has 1 aliphatic rings. The van der Waals surface area contributed by atoms with Gasteiger partial charge in [-0.15, -0.1) is 0 Å². The number of nitrogens with zero attached hydrogens (tertiary/aromatic N) is 1. The van der Waals surface area contributed by atoms with Gasteiger partial charge in [0.2, 0.25) is 11.8 Å². The Hall–Kier alpha value is -2.77. The second-order valence-corrected chi connectivity index (χ2v) is 5.74. The molecule has 0 radical (unpaired) electrons. The average Bonchev–Trinajstić information content (AvgIpc) is 2.78. The molecule has 0 bridgehead atoms. The second-order valence-electron chi connectivity index (χ2n) is 5.74. The van der Waals surface area contributed by atoms with Crippen LogP contribution in [0.15, 0.2) is 12.1 Å². The van der Waals surface area contributed by atoms with Crippen LogP contribution in [0.5, 0.6) is 11.5 Å². The predicted molar refractivity (Wildman–Crippen MR) is 90.2 cm³/mol. The summed E-state index contributed by atoms with van der Waals surface area (Å²) in [4.78, 5) is 37.1. The molecule has 0 spiro atoms. The van der Waals surface area contributed by atoms with E-state index in [4.69, 9.17) is 9.47 Å². The number of amides is 2. The summed E-state index contributed by atoms with van der Waals surface area (Å²) in [5, 5.41) is 11.8. The molecule has 0 saturated carbocycles. The highest BCUT2D eigenvalue weighted by molar-refractivity contribution is 5.98. The number of rotatable bonds is 6. The molecule has 1 aromatic carbocycles. The van der Waals surface area contributed by atoms with Crippen molar-refractivity contribution in [3.05, 3.63) is 17.7 Å². The van der Waals surface area contributed by atoms with Gasteiger partial charge < -0.3 is 24.8 Å². The van der Waals surface area contributed by atoms with E-state index in [2.05, 4.69) is 5.32 Å². The molecule has 0 aromatic heterocycles. The van der Waals surface area contributed by atoms with Gasteiger partial charge in [0.05, 0.1) is 32.0 Å². The summed E-state index contributed by atoms with van der Waals surface area (Å²) in [6, 6.07) is 2.61. The smallest absolute Gasteiger partial charge is 0.335 e. The number of carbonyl (C=O) groups excluding carboxylic acids is 2. The summed E-state index contributed by atoms with van der Waals surface area (Å²) in [6.07, 6.45) is 3.11. The van der Waals surface area contributed by atoms with Crippen LogP contribution in [0.2, 0.25) is 0 Å². The lowest BCUT2D eigenvalue weighted by Gasteiger charge is -2.20. The minimum absolute atomic E-state index is 0.0428. The van der Waals surface area contributed by atoms with Crippen molar-refractivity contribution in [3.63, 3.8) is 0 Å². The van der Waals surface area contributed by atoms with E-state index < -0.39 is 11.9 Å². The number of methoxy groups -OCH3 is 2. The molecule has 1 aliphatic heterocycles. The van der Waals surface area contributed by atoms with Gasteiger partial charge in [0.1, 0.15) is 0 Å². The number of ether oxygens (including phenoxy) is 2. The van der Waals surface area contributed by atoms with E-state index in [9.17, 15) is 19.5 Å². The molecule has 25 heavy (non-hydrogen) atoms. The van der Waals surface area contributed by atoms with E-state index in [1.165, 1.54) is 31.3 Å². The van der Waals surface area contributed by atoms with Gasteiger partial charge in [0.25, 0.3) is 0 Å². The number of aromatic carboxylic acids is 1. The molecule has 1 heterocycles. The number of carbonyl (C=O) groups is 3. The van der Waals surface area contributed by atoms with E-state index >= 15 is 0 Å². The van der Waals surface area contributed by atoms with Crippen molar-refractivity contribution in [1.82, 2.24) is 4.90 Å². The van der Waals surface area contributed by atoms with Crippen LogP contribution in [-0.4, -0.2) is 55.1 Å².